The Balaban J connectivity index is 0.771. The predicted molar refractivity (Wildman–Crippen MR) is 500 cm³/mol. The summed E-state index contributed by atoms with van der Waals surface area (Å²) in [5, 5.41) is 29.5. The van der Waals surface area contributed by atoms with Gasteiger partial charge in [0.2, 0.25) is 47.3 Å². The molecule has 0 spiro atoms. The minimum absolute atomic E-state index is 0.0192. The SMILES string of the molecule is CC[C@H](C)[C@H](NC(=O)[C@@H]1C[C@@H]2CCCC[C@@H]2N1C(=O)[C@@H]1CCCN1C(=O)[C@H](CC(C)C)NC(=O)[C@H](COC(C)(C)C)NC(=O)[C@H](CCCNC(=N)NS(=O)(=O)c1c(C)c(C)c2c(c1C)CC(C)(C)O2)NC(=O)OCC1c2ccccc2-c2ccccc21)C(=O)N[C@@H](CSC(c1ccccc1)(c1ccccc1)c1ccccc1)C(=O)N[C@H](C(=O)OC1CC=CCC1)[C@@H](C)CC. The zero-order valence-electron chi connectivity index (χ0n) is 77.3. The zero-order chi connectivity index (χ0) is 92.8. The lowest BCUT2D eigenvalue weighted by atomic mass is 9.84. The van der Waals surface area contributed by atoms with Gasteiger partial charge < -0.3 is 66.0 Å². The molecule has 1 saturated carbocycles. The molecule has 3 aliphatic heterocycles. The number of hydrogen-bond acceptors (Lipinski definition) is 17. The normalized spacial score (nSPS) is 20.0. The van der Waals surface area contributed by atoms with E-state index in [0.29, 0.717) is 73.8 Å². The van der Waals surface area contributed by atoms with Crippen LogP contribution in [0.2, 0.25) is 0 Å². The lowest BCUT2D eigenvalue weighted by molar-refractivity contribution is -0.155. The molecule has 3 heterocycles. The second-order valence-electron chi connectivity index (χ2n) is 37.8. The Morgan fingerprint density at radius 3 is 1.80 bits per heavy atom. The summed E-state index contributed by atoms with van der Waals surface area (Å²) in [5.74, 6) is -6.41. The van der Waals surface area contributed by atoms with Gasteiger partial charge in [0.25, 0.3) is 10.0 Å². The molecule has 0 aromatic heterocycles. The maximum Gasteiger partial charge on any atom is 0.407 e. The summed E-state index contributed by atoms with van der Waals surface area (Å²) >= 11 is 1.46. The largest absolute Gasteiger partial charge is 0.487 e. The molecule has 1 unspecified atom stereocenters. The molecule has 3 aliphatic carbocycles. The number of alkyl carbamates (subject to hydrolysis) is 1. The number of rotatable bonds is 37. The first kappa shape index (κ1) is 97.5. The van der Waals surface area contributed by atoms with E-state index >= 15 is 33.6 Å². The maximum absolute atomic E-state index is 16.0. The number of esters is 1. The summed E-state index contributed by atoms with van der Waals surface area (Å²) in [4.78, 5) is 141. The van der Waals surface area contributed by atoms with Gasteiger partial charge in [0.1, 0.15) is 72.4 Å². The minimum atomic E-state index is -4.32. The van der Waals surface area contributed by atoms with Gasteiger partial charge in [-0.25, -0.2) is 22.7 Å². The molecule has 6 aromatic carbocycles. The van der Waals surface area contributed by atoms with Crippen molar-refractivity contribution in [1.29, 1.82) is 5.41 Å². The summed E-state index contributed by atoms with van der Waals surface area (Å²) in [6.45, 7) is 25.4. The highest BCUT2D eigenvalue weighted by Crippen LogP contribution is 2.50. The second-order valence-corrected chi connectivity index (χ2v) is 40.7. The Kier molecular flexibility index (Phi) is 32.5. The van der Waals surface area contributed by atoms with E-state index in [2.05, 4.69) is 48.0 Å². The van der Waals surface area contributed by atoms with Gasteiger partial charge in [-0.3, -0.25) is 39.0 Å². The summed E-state index contributed by atoms with van der Waals surface area (Å²) in [7, 11) is -4.32. The van der Waals surface area contributed by atoms with Crippen LogP contribution in [0.3, 0.4) is 0 Å². The van der Waals surface area contributed by atoms with Gasteiger partial charge in [0.05, 0.1) is 21.9 Å². The van der Waals surface area contributed by atoms with Gasteiger partial charge in [0.15, 0.2) is 0 Å². The van der Waals surface area contributed by atoms with Gasteiger partial charge in [0, 0.05) is 49.2 Å². The molecule has 2 saturated heterocycles. The van der Waals surface area contributed by atoms with Gasteiger partial charge in [-0.15, -0.1) is 11.8 Å². The number of carbonyl (C=O) groups is 9. The van der Waals surface area contributed by atoms with E-state index in [0.717, 1.165) is 70.2 Å². The van der Waals surface area contributed by atoms with E-state index in [-0.39, 0.29) is 91.8 Å². The van der Waals surface area contributed by atoms with Crippen LogP contribution in [0.1, 0.15) is 228 Å². The van der Waals surface area contributed by atoms with Crippen LogP contribution in [0.15, 0.2) is 157 Å². The van der Waals surface area contributed by atoms with Crippen molar-refractivity contribution in [1.82, 2.24) is 51.7 Å². The summed E-state index contributed by atoms with van der Waals surface area (Å²) in [5.41, 5.74) is 7.73. The van der Waals surface area contributed by atoms with Gasteiger partial charge in [-0.2, -0.15) is 0 Å². The van der Waals surface area contributed by atoms with Crippen molar-refractivity contribution >= 4 is 81.2 Å². The van der Waals surface area contributed by atoms with Crippen LogP contribution in [0.25, 0.3) is 11.1 Å². The number of thioether (sulfide) groups is 1. The Bertz CT molecular complexity index is 5020. The Hall–Kier alpha value is -10.6. The fraction of sp³-hybridized carbons (Fsp3) is 0.525. The number of benzene rings is 6. The van der Waals surface area contributed by atoms with Gasteiger partial charge in [-0.05, 0) is 199 Å². The molecule has 6 aromatic rings. The second kappa shape index (κ2) is 43.0. The van der Waals surface area contributed by atoms with Crippen molar-refractivity contribution < 1.29 is 70.5 Å². The molecule has 9 N–H and O–H groups in total. The number of allylic oxidation sites excluding steroid dienone is 1. The quantitative estimate of drug-likeness (QED) is 0.00437. The monoisotopic (exact) mass is 1800 g/mol. The van der Waals surface area contributed by atoms with Gasteiger partial charge >= 0.3 is 12.1 Å². The molecular weight excluding hydrogens is 1670 g/mol. The molecule has 26 nitrogen and oxygen atoms in total. The first-order valence-corrected chi connectivity index (χ1v) is 48.7. The molecule has 8 amide bonds. The number of sulfonamides is 1. The fourth-order valence-electron chi connectivity index (χ4n) is 19.3. The average Bonchev–Trinajstić information content (AvgIpc) is 1.42. The van der Waals surface area contributed by atoms with Crippen molar-refractivity contribution in [2.75, 3.05) is 32.1 Å². The van der Waals surface area contributed by atoms with E-state index in [1.807, 2.05) is 208 Å². The van der Waals surface area contributed by atoms with Crippen molar-refractivity contribution in [3.8, 4) is 16.9 Å². The van der Waals surface area contributed by atoms with E-state index in [1.165, 1.54) is 16.7 Å². The van der Waals surface area contributed by atoms with E-state index in [9.17, 15) is 18.0 Å². The lowest BCUT2D eigenvalue weighted by Crippen LogP contribution is -2.62. The highest BCUT2D eigenvalue weighted by molar-refractivity contribution is 8.00. The number of guanidine groups is 1. The molecule has 694 valence electrons. The molecule has 13 atom stereocenters. The van der Waals surface area contributed by atoms with Crippen LogP contribution in [0, 0.1) is 49.9 Å². The highest BCUT2D eigenvalue weighted by Gasteiger charge is 2.53. The number of nitrogens with zero attached hydrogens (tertiary/aromatic N) is 2. The number of likely N-dealkylation sites (tertiary alicyclic amines) is 2. The molecule has 3 fully saturated rings. The topological polar surface area (TPSA) is 351 Å². The smallest absolute Gasteiger partial charge is 0.407 e. The Morgan fingerprint density at radius 2 is 1.20 bits per heavy atom. The van der Waals surface area contributed by atoms with Crippen LogP contribution >= 0.6 is 11.8 Å². The van der Waals surface area contributed by atoms with Crippen molar-refractivity contribution in [2.24, 2.45) is 23.7 Å². The van der Waals surface area contributed by atoms with Crippen molar-refractivity contribution in [3.05, 3.63) is 202 Å². The predicted octanol–water partition coefficient (Wildman–Crippen LogP) is 13.7. The summed E-state index contributed by atoms with van der Waals surface area (Å²) in [6, 6.07) is 35.3. The van der Waals surface area contributed by atoms with E-state index in [4.69, 9.17) is 24.4 Å². The lowest BCUT2D eigenvalue weighted by Gasteiger charge is -2.38. The first-order chi connectivity index (χ1) is 61.5. The molecule has 129 heavy (non-hydrogen) atoms. The van der Waals surface area contributed by atoms with Crippen molar-refractivity contribution in [3.63, 3.8) is 0 Å². The number of hydrogen-bond donors (Lipinski definition) is 9. The summed E-state index contributed by atoms with van der Waals surface area (Å²) in [6.07, 6.45) is 10.1. The van der Waals surface area contributed by atoms with Crippen LogP contribution < -0.4 is 46.7 Å². The molecule has 6 aliphatic rings. The standard InChI is InChI=1S/C101H133N11O15S2/c1-15-62(5)85(93(117)106-81(91(115)109-86(63(6)16-2)96(120)126-71-44-27-20-28-45-71)60-128-101(68-38-21-17-22-39-68,69-40-23-18-24-41-69)70-42-25-19-26-43-70)108-92(116)84-56-67-37-29-34-51-82(67)112(84)95(119)83-52-36-54-111(83)94(118)79(55-61(3)4)104-90(114)80(59-125-99(10,11)12)105-89(113)78(107-98(121)124-58-77-74-48-32-30-46-72(74)73-47-31-33-49-75(73)77)50-35-53-103-97(102)110-129(122,123)88-65(8)64(7)87-76(66(88)9)57-100(13,14)127-87/h17-27,30-33,38-43,46-49,61-63,67,71,77-86H,15-16,28-29,34-37,44-45,50-60H2,1-14H3,(H,104,114)(H,105,113)(H,106,117)(H,107,121)(H,108,116)(H,109,115)(H3,102,103,110)/t62-,63-,67-,71?,78-,79-,80-,81-,82-,83-,84-,85-,86-/m0/s1. The van der Waals surface area contributed by atoms with Crippen LogP contribution in [0.4, 0.5) is 4.79 Å². The number of ether oxygens (including phenoxy) is 4. The average molecular weight is 1810 g/mol. The van der Waals surface area contributed by atoms with Crippen LogP contribution in [-0.2, 0) is 73.8 Å². The van der Waals surface area contributed by atoms with Crippen LogP contribution in [0.5, 0.6) is 5.75 Å². The van der Waals surface area contributed by atoms with Crippen molar-refractivity contribution in [2.45, 2.75) is 287 Å². The molecule has 12 rings (SSSR count). The molecular formula is C101H133N11O15S2. The molecule has 0 radical (unpaired) electrons. The Labute approximate surface area is 765 Å². The summed E-state index contributed by atoms with van der Waals surface area (Å²) < 4.78 is 54.4. The third kappa shape index (κ3) is 23.2. The van der Waals surface area contributed by atoms with Gasteiger partial charge in [-0.1, -0.05) is 219 Å². The van der Waals surface area contributed by atoms with E-state index < -0.39 is 146 Å². The fourth-order valence-corrected chi connectivity index (χ4v) is 22.4. The number of nitrogens with one attached hydrogen (secondary N) is 9. The number of amides is 8. The third-order valence-electron chi connectivity index (χ3n) is 26.5. The number of carbonyl (C=O) groups excluding carboxylic acids is 9. The maximum atomic E-state index is 16.0. The first-order valence-electron chi connectivity index (χ1n) is 46.3. The van der Waals surface area contributed by atoms with Crippen LogP contribution in [-0.4, -0.2) is 181 Å². The third-order valence-corrected chi connectivity index (χ3v) is 29.8. The molecule has 0 bridgehead atoms. The highest BCUT2D eigenvalue weighted by atomic mass is 32.2. The van der Waals surface area contributed by atoms with E-state index in [1.54, 1.807) is 39.5 Å². The number of fused-ring (bicyclic) bond motifs is 5. The Morgan fingerprint density at radius 1 is 0.628 bits per heavy atom. The minimum Gasteiger partial charge on any atom is -0.487 e. The molecule has 28 heteroatoms. The zero-order valence-corrected chi connectivity index (χ0v) is 78.9.